The van der Waals surface area contributed by atoms with Crippen molar-refractivity contribution in [3.63, 3.8) is 0 Å². The van der Waals surface area contributed by atoms with Crippen molar-refractivity contribution in [1.29, 1.82) is 0 Å². The number of nitrogens with one attached hydrogen (secondary N) is 1. The van der Waals surface area contributed by atoms with Gasteiger partial charge in [-0.25, -0.2) is 0 Å². The van der Waals surface area contributed by atoms with E-state index in [1.807, 2.05) is 39.6 Å². The molecule has 0 heterocycles. The molecule has 0 aromatic heterocycles. The van der Waals surface area contributed by atoms with Gasteiger partial charge >= 0.3 is 0 Å². The molecular formula is C21H29N3S. The van der Waals surface area contributed by atoms with Crippen LogP contribution >= 0.6 is 11.8 Å². The number of thioether (sulfide) groups is 1. The maximum atomic E-state index is 4.38. The highest BCUT2D eigenvalue weighted by Gasteiger charge is 1.99. The molecule has 0 unspecified atom stereocenters. The van der Waals surface area contributed by atoms with Gasteiger partial charge in [-0.05, 0) is 42.6 Å². The molecule has 0 saturated heterocycles. The largest absolute Gasteiger partial charge is 0.360 e. The summed E-state index contributed by atoms with van der Waals surface area (Å²) in [6.07, 6.45) is 5.48. The van der Waals surface area contributed by atoms with Crippen LogP contribution in [-0.4, -0.2) is 18.5 Å². The van der Waals surface area contributed by atoms with E-state index in [1.54, 1.807) is 6.04 Å². The summed E-state index contributed by atoms with van der Waals surface area (Å²) in [6, 6.07) is 21.0. The normalized spacial score (nSPS) is 9.64. The van der Waals surface area contributed by atoms with Crippen LogP contribution in [-0.2, 0) is 6.42 Å². The average Bonchev–Trinajstić information content (AvgIpc) is 2.66. The topological polar surface area (TPSA) is 50.4 Å². The van der Waals surface area contributed by atoms with Gasteiger partial charge in [0, 0.05) is 17.7 Å². The van der Waals surface area contributed by atoms with E-state index in [-0.39, 0.29) is 0 Å². The van der Waals surface area contributed by atoms with Crippen molar-refractivity contribution in [2.45, 2.75) is 32.1 Å². The first-order chi connectivity index (χ1) is 12.2. The van der Waals surface area contributed by atoms with Gasteiger partial charge in [-0.15, -0.1) is 11.8 Å². The Kier molecular flexibility index (Phi) is 13.7. The second kappa shape index (κ2) is 15.2. The smallest absolute Gasteiger partial charge is 0.0644 e. The van der Waals surface area contributed by atoms with E-state index < -0.39 is 0 Å². The molecule has 0 radical (unpaired) electrons. The molecule has 0 amide bonds. The Morgan fingerprint density at radius 1 is 1.12 bits per heavy atom. The zero-order chi connectivity index (χ0) is 18.9. The molecule has 0 aliphatic carbocycles. The number of hydrazone groups is 1. The highest BCUT2D eigenvalue weighted by molar-refractivity contribution is 7.99. The highest BCUT2D eigenvalue weighted by Crippen LogP contribution is 2.20. The Morgan fingerprint density at radius 3 is 2.20 bits per heavy atom. The number of rotatable bonds is 6. The van der Waals surface area contributed by atoms with Crippen molar-refractivity contribution in [2.24, 2.45) is 10.8 Å². The molecule has 25 heavy (non-hydrogen) atoms. The SMILES string of the molecule is C#CN.CC.CN/N=C(\C)c1ccc(SCCc2ccccc2)cc1. The molecule has 0 atom stereocenters. The van der Waals surface area contributed by atoms with E-state index in [4.69, 9.17) is 0 Å². The molecule has 2 aromatic rings. The first-order valence-electron chi connectivity index (χ1n) is 8.35. The summed E-state index contributed by atoms with van der Waals surface area (Å²) < 4.78 is 0. The Bertz CT molecular complexity index is 628. The minimum absolute atomic E-state index is 1.01. The second-order valence-electron chi connectivity index (χ2n) is 4.70. The van der Waals surface area contributed by atoms with Crippen LogP contribution < -0.4 is 11.2 Å². The molecule has 0 fully saturated rings. The fourth-order valence-corrected chi connectivity index (χ4v) is 2.86. The predicted molar refractivity (Wildman–Crippen MR) is 113 cm³/mol. The number of benzene rings is 2. The van der Waals surface area contributed by atoms with Crippen molar-refractivity contribution in [1.82, 2.24) is 5.43 Å². The van der Waals surface area contributed by atoms with E-state index in [2.05, 4.69) is 77.3 Å². The van der Waals surface area contributed by atoms with Gasteiger partial charge in [0.15, 0.2) is 0 Å². The van der Waals surface area contributed by atoms with Crippen LogP contribution in [0.4, 0.5) is 0 Å². The Balaban J connectivity index is 0.00000104. The maximum Gasteiger partial charge on any atom is 0.0644 e. The van der Waals surface area contributed by atoms with E-state index in [9.17, 15) is 0 Å². The molecule has 134 valence electrons. The third kappa shape index (κ3) is 10.2. The summed E-state index contributed by atoms with van der Waals surface area (Å²) in [5.41, 5.74) is 10.8. The predicted octanol–water partition coefficient (Wildman–Crippen LogP) is 4.53. The van der Waals surface area contributed by atoms with Crippen LogP contribution in [0.3, 0.4) is 0 Å². The van der Waals surface area contributed by atoms with Gasteiger partial charge in [0.2, 0.25) is 0 Å². The lowest BCUT2D eigenvalue weighted by atomic mass is 10.1. The van der Waals surface area contributed by atoms with Crippen LogP contribution in [0.15, 0.2) is 64.6 Å². The number of hydrogen-bond acceptors (Lipinski definition) is 4. The first-order valence-corrected chi connectivity index (χ1v) is 9.34. The molecule has 2 rings (SSSR count). The van der Waals surface area contributed by atoms with E-state index >= 15 is 0 Å². The van der Waals surface area contributed by atoms with Gasteiger partial charge in [0.05, 0.1) is 5.71 Å². The average molecular weight is 356 g/mol. The number of nitrogens with zero attached hydrogens (tertiary/aromatic N) is 1. The van der Waals surface area contributed by atoms with Crippen LogP contribution in [0.5, 0.6) is 0 Å². The number of nitrogens with two attached hydrogens (primary N) is 1. The first kappa shape index (κ1) is 22.6. The van der Waals surface area contributed by atoms with Crippen molar-refractivity contribution in [3.05, 3.63) is 65.7 Å². The minimum atomic E-state index is 1.01. The maximum absolute atomic E-state index is 4.38. The fourth-order valence-electron chi connectivity index (χ4n) is 1.96. The summed E-state index contributed by atoms with van der Waals surface area (Å²) in [5.74, 6) is 1.10. The summed E-state index contributed by atoms with van der Waals surface area (Å²) in [4.78, 5) is 1.31. The highest BCUT2D eigenvalue weighted by atomic mass is 32.2. The minimum Gasteiger partial charge on any atom is -0.360 e. The van der Waals surface area contributed by atoms with Gasteiger partial charge in [0.25, 0.3) is 0 Å². The monoisotopic (exact) mass is 355 g/mol. The molecular weight excluding hydrogens is 326 g/mol. The van der Waals surface area contributed by atoms with Crippen molar-refractivity contribution >= 4 is 17.5 Å². The zero-order valence-corrected chi connectivity index (χ0v) is 16.4. The van der Waals surface area contributed by atoms with Gasteiger partial charge in [0.1, 0.15) is 0 Å². The lowest BCUT2D eigenvalue weighted by Crippen LogP contribution is -2.02. The molecule has 3 nitrogen and oxygen atoms in total. The molecule has 2 aromatic carbocycles. The standard InChI is InChI=1S/C17H20N2S.C2H3N.C2H6/c1-14(19-18-2)16-8-10-17(11-9-16)20-13-12-15-6-4-3-5-7-15;1-2-3;1-2/h3-11,18H,12-13H2,1-2H3;1H,3H2;1-2H3/b19-14+;;. The van der Waals surface area contributed by atoms with Gasteiger partial charge in [-0.2, -0.15) is 5.10 Å². The molecule has 0 saturated carbocycles. The third-order valence-corrected chi connectivity index (χ3v) is 4.07. The van der Waals surface area contributed by atoms with Crippen molar-refractivity contribution < 1.29 is 0 Å². The van der Waals surface area contributed by atoms with Crippen LogP contribution in [0, 0.1) is 12.5 Å². The van der Waals surface area contributed by atoms with Gasteiger partial charge < -0.3 is 11.2 Å². The van der Waals surface area contributed by atoms with Gasteiger partial charge in [-0.3, -0.25) is 0 Å². The Morgan fingerprint density at radius 2 is 1.68 bits per heavy atom. The van der Waals surface area contributed by atoms with Crippen LogP contribution in [0.25, 0.3) is 0 Å². The van der Waals surface area contributed by atoms with E-state index in [1.165, 1.54) is 10.5 Å². The molecule has 0 spiro atoms. The zero-order valence-electron chi connectivity index (χ0n) is 15.6. The second-order valence-corrected chi connectivity index (χ2v) is 5.86. The Hall–Kier alpha value is -2.38. The van der Waals surface area contributed by atoms with Crippen LogP contribution in [0.2, 0.25) is 0 Å². The van der Waals surface area contributed by atoms with Crippen molar-refractivity contribution in [3.8, 4) is 12.5 Å². The number of aryl methyl sites for hydroxylation is 1. The molecule has 4 heteroatoms. The summed E-state index contributed by atoms with van der Waals surface area (Å²) in [5, 5.41) is 4.19. The fraction of sp³-hybridized carbons (Fsp3) is 0.286. The summed E-state index contributed by atoms with van der Waals surface area (Å²) in [7, 11) is 1.82. The number of hydrogen-bond donors (Lipinski definition) is 2. The van der Waals surface area contributed by atoms with E-state index in [0.29, 0.717) is 0 Å². The summed E-state index contributed by atoms with van der Waals surface area (Å²) >= 11 is 1.89. The lowest BCUT2D eigenvalue weighted by Gasteiger charge is -2.04. The summed E-state index contributed by atoms with van der Waals surface area (Å²) in [6.45, 7) is 6.01. The quantitative estimate of drug-likeness (QED) is 0.263. The molecule has 0 aliphatic heterocycles. The third-order valence-electron chi connectivity index (χ3n) is 3.05. The molecule has 3 N–H and O–H groups in total. The molecule has 0 aliphatic rings. The van der Waals surface area contributed by atoms with Crippen molar-refractivity contribution in [2.75, 3.05) is 12.8 Å². The lowest BCUT2D eigenvalue weighted by molar-refractivity contribution is 0.899. The van der Waals surface area contributed by atoms with Crippen LogP contribution in [0.1, 0.15) is 31.9 Å². The Labute approximate surface area is 157 Å². The number of terminal acetylenes is 1. The van der Waals surface area contributed by atoms with Gasteiger partial charge in [-0.1, -0.05) is 62.7 Å². The molecule has 0 bridgehead atoms. The van der Waals surface area contributed by atoms with E-state index in [0.717, 1.165) is 23.4 Å².